The molecule has 0 radical (unpaired) electrons. The van der Waals surface area contributed by atoms with Crippen molar-refractivity contribution in [2.75, 3.05) is 0 Å². The summed E-state index contributed by atoms with van der Waals surface area (Å²) in [6.07, 6.45) is 7.07. The molecule has 47 heavy (non-hydrogen) atoms. The van der Waals surface area contributed by atoms with E-state index in [4.69, 9.17) is 0 Å². The first-order chi connectivity index (χ1) is 22.9. The van der Waals surface area contributed by atoms with Gasteiger partial charge in [0.05, 0.1) is 0 Å². The van der Waals surface area contributed by atoms with E-state index in [2.05, 4.69) is 93.6 Å². The number of unbranched alkanes of at least 4 members (excludes halogenated alkanes) is 4. The third-order valence-electron chi connectivity index (χ3n) is 9.50. The standard InChI is InChI=1S/C46H42O/c1-31(42-33(3)38-27-17-18-28-39(38)34(4)44(42)36-23-13-9-14-24-36)21-11-7-6-8-12-22-32(2)43-45(37-25-15-10-16-26-37)35(5)40-29-19-20-30-41(40)46(43)47/h9-10,13-20,23-30H,1-8,11-12,21-22H2. The van der Waals surface area contributed by atoms with Crippen molar-refractivity contribution in [2.24, 2.45) is 0 Å². The molecule has 0 aromatic heterocycles. The Kier molecular flexibility index (Phi) is 9.45. The number of benzene rings is 5. The predicted octanol–water partition coefficient (Wildman–Crippen LogP) is 11.0. The molecule has 5 aromatic rings. The lowest BCUT2D eigenvalue weighted by Crippen LogP contribution is -2.19. The van der Waals surface area contributed by atoms with Gasteiger partial charge in [-0.1, -0.05) is 161 Å². The maximum absolute atomic E-state index is 13.8. The maximum Gasteiger partial charge on any atom is 0.194 e. The molecule has 5 aromatic carbocycles. The normalized spacial score (nSPS) is 12.8. The Morgan fingerprint density at radius 1 is 0.511 bits per heavy atom. The molecule has 6 rings (SSSR count). The van der Waals surface area contributed by atoms with Crippen LogP contribution < -0.4 is 10.4 Å². The van der Waals surface area contributed by atoms with Gasteiger partial charge in [0.1, 0.15) is 0 Å². The van der Waals surface area contributed by atoms with E-state index in [1.54, 1.807) is 0 Å². The van der Waals surface area contributed by atoms with Crippen LogP contribution >= 0.6 is 0 Å². The number of rotatable bonds is 12. The number of fused-ring (bicyclic) bond motifs is 2. The molecule has 0 saturated heterocycles. The van der Waals surface area contributed by atoms with Gasteiger partial charge in [0.25, 0.3) is 0 Å². The predicted molar refractivity (Wildman–Crippen MR) is 203 cm³/mol. The average Bonchev–Trinajstić information content (AvgIpc) is 3.11. The van der Waals surface area contributed by atoms with E-state index < -0.39 is 0 Å². The lowest BCUT2D eigenvalue weighted by molar-refractivity contribution is 0.103. The molecule has 0 fully saturated rings. The summed E-state index contributed by atoms with van der Waals surface area (Å²) in [5.41, 5.74) is 10.6. The monoisotopic (exact) mass is 610 g/mol. The van der Waals surface area contributed by atoms with Gasteiger partial charge in [-0.3, -0.25) is 4.79 Å². The highest BCUT2D eigenvalue weighted by Crippen LogP contribution is 2.43. The first kappa shape index (κ1) is 31.7. The number of Topliss-reactive ketones (excluding diaryl/α,β-unsaturated/α-hetero) is 1. The average molecular weight is 611 g/mol. The number of ketones is 1. The fourth-order valence-electron chi connectivity index (χ4n) is 7.09. The van der Waals surface area contributed by atoms with Crippen LogP contribution in [0.4, 0.5) is 0 Å². The minimum absolute atomic E-state index is 0.0501. The van der Waals surface area contributed by atoms with Crippen molar-refractivity contribution in [1.82, 2.24) is 0 Å². The molecule has 0 amide bonds. The van der Waals surface area contributed by atoms with E-state index in [9.17, 15) is 4.79 Å². The Balaban J connectivity index is 1.10. The van der Waals surface area contributed by atoms with Gasteiger partial charge >= 0.3 is 0 Å². The molecule has 0 bridgehead atoms. The fourth-order valence-corrected chi connectivity index (χ4v) is 7.09. The van der Waals surface area contributed by atoms with Crippen molar-refractivity contribution >= 4 is 46.4 Å². The number of allylic oxidation sites excluding steroid dienone is 5. The van der Waals surface area contributed by atoms with E-state index in [0.717, 1.165) is 122 Å². The van der Waals surface area contributed by atoms with Crippen LogP contribution in [0.2, 0.25) is 0 Å². The van der Waals surface area contributed by atoms with Crippen LogP contribution in [0.15, 0.2) is 140 Å². The molecule has 0 atom stereocenters. The first-order valence-electron chi connectivity index (χ1n) is 16.7. The largest absolute Gasteiger partial charge is 0.289 e. The van der Waals surface area contributed by atoms with Crippen LogP contribution in [0.5, 0.6) is 0 Å². The number of carbonyl (C=O) groups is 1. The summed E-state index contributed by atoms with van der Waals surface area (Å²) in [6.45, 7) is 22.5. The second-order valence-corrected chi connectivity index (χ2v) is 12.6. The van der Waals surface area contributed by atoms with Gasteiger partial charge < -0.3 is 0 Å². The van der Waals surface area contributed by atoms with Crippen LogP contribution in [0, 0.1) is 0 Å². The topological polar surface area (TPSA) is 17.1 Å². The molecule has 232 valence electrons. The quantitative estimate of drug-likeness (QED) is 0.128. The van der Waals surface area contributed by atoms with Crippen molar-refractivity contribution in [2.45, 2.75) is 44.9 Å². The third-order valence-corrected chi connectivity index (χ3v) is 9.50. The van der Waals surface area contributed by atoms with Crippen molar-refractivity contribution in [3.63, 3.8) is 0 Å². The van der Waals surface area contributed by atoms with E-state index in [-0.39, 0.29) is 5.78 Å². The van der Waals surface area contributed by atoms with Gasteiger partial charge in [-0.25, -0.2) is 0 Å². The Labute approximate surface area is 279 Å². The summed E-state index contributed by atoms with van der Waals surface area (Å²) in [7, 11) is 0. The summed E-state index contributed by atoms with van der Waals surface area (Å²) >= 11 is 0. The second kappa shape index (κ2) is 14.0. The van der Waals surface area contributed by atoms with Gasteiger partial charge in [0, 0.05) is 16.7 Å². The van der Waals surface area contributed by atoms with Gasteiger partial charge in [0.2, 0.25) is 0 Å². The molecule has 1 heteroatoms. The van der Waals surface area contributed by atoms with Crippen molar-refractivity contribution < 1.29 is 4.79 Å². The molecule has 0 saturated carbocycles. The van der Waals surface area contributed by atoms with Gasteiger partial charge in [0.15, 0.2) is 5.78 Å². The third kappa shape index (κ3) is 6.27. The highest BCUT2D eigenvalue weighted by atomic mass is 16.1. The van der Waals surface area contributed by atoms with Crippen molar-refractivity contribution in [3.8, 4) is 11.1 Å². The van der Waals surface area contributed by atoms with Crippen LogP contribution in [0.1, 0.15) is 72.0 Å². The molecule has 0 aliphatic heterocycles. The van der Waals surface area contributed by atoms with Crippen LogP contribution in [-0.4, -0.2) is 5.78 Å². The number of hydrogen-bond donors (Lipinski definition) is 0. The molecule has 0 unspecified atom stereocenters. The smallest absolute Gasteiger partial charge is 0.194 e. The molecule has 0 spiro atoms. The Bertz CT molecular complexity index is 2140. The second-order valence-electron chi connectivity index (χ2n) is 12.6. The highest BCUT2D eigenvalue weighted by Gasteiger charge is 2.30. The van der Waals surface area contributed by atoms with Gasteiger partial charge in [-0.2, -0.15) is 0 Å². The zero-order valence-electron chi connectivity index (χ0n) is 27.3. The molecule has 0 heterocycles. The maximum atomic E-state index is 13.8. The molecule has 1 nitrogen and oxygen atoms in total. The van der Waals surface area contributed by atoms with Crippen molar-refractivity contribution in [1.29, 1.82) is 0 Å². The van der Waals surface area contributed by atoms with Crippen LogP contribution in [-0.2, 0) is 0 Å². The lowest BCUT2D eigenvalue weighted by atomic mass is 9.76. The SMILES string of the molecule is C=C(CCCCCCCC(=C)c1c(-c2ccccc2)c(=C)c2ccccc2c1=C)C1=C(c2ccccc2)C(=C)c2ccccc2C1=O. The minimum Gasteiger partial charge on any atom is -0.289 e. The molecule has 1 aliphatic carbocycles. The Morgan fingerprint density at radius 2 is 1.00 bits per heavy atom. The molecular weight excluding hydrogens is 569 g/mol. The van der Waals surface area contributed by atoms with E-state index in [1.165, 1.54) is 0 Å². The molecular formula is C46H42O. The van der Waals surface area contributed by atoms with Gasteiger partial charge in [-0.15, -0.1) is 0 Å². The van der Waals surface area contributed by atoms with Gasteiger partial charge in [-0.05, 0) is 91.4 Å². The summed E-state index contributed by atoms with van der Waals surface area (Å²) < 4.78 is 0. The van der Waals surface area contributed by atoms with E-state index >= 15 is 0 Å². The lowest BCUT2D eigenvalue weighted by Gasteiger charge is -2.26. The Hall–Kier alpha value is -5.27. The fraction of sp³-hybridized carbons (Fsp3) is 0.152. The summed E-state index contributed by atoms with van der Waals surface area (Å²) in [5.74, 6) is 0.0501. The highest BCUT2D eigenvalue weighted by molar-refractivity contribution is 6.28. The van der Waals surface area contributed by atoms with E-state index in [1.807, 2.05) is 48.5 Å². The first-order valence-corrected chi connectivity index (χ1v) is 16.7. The zero-order valence-corrected chi connectivity index (χ0v) is 27.3. The van der Waals surface area contributed by atoms with Crippen molar-refractivity contribution in [3.05, 3.63) is 173 Å². The Morgan fingerprint density at radius 3 is 1.64 bits per heavy atom. The summed E-state index contributed by atoms with van der Waals surface area (Å²) in [6, 6.07) is 36.8. The number of carbonyl (C=O) groups excluding carboxylic acids is 1. The number of hydrogen-bond acceptors (Lipinski definition) is 1. The minimum atomic E-state index is 0.0501. The van der Waals surface area contributed by atoms with E-state index in [0.29, 0.717) is 5.56 Å². The summed E-state index contributed by atoms with van der Waals surface area (Å²) in [4.78, 5) is 13.8. The molecule has 1 aliphatic rings. The molecule has 0 N–H and O–H groups in total. The van der Waals surface area contributed by atoms with Crippen LogP contribution in [0.25, 0.3) is 51.8 Å². The summed E-state index contributed by atoms with van der Waals surface area (Å²) in [5, 5.41) is 4.35. The van der Waals surface area contributed by atoms with Crippen LogP contribution in [0.3, 0.4) is 0 Å². The zero-order chi connectivity index (χ0) is 32.9.